The molecule has 1 fully saturated rings. The van der Waals surface area contributed by atoms with Crippen molar-refractivity contribution in [3.8, 4) is 11.1 Å². The van der Waals surface area contributed by atoms with Crippen LogP contribution in [-0.4, -0.2) is 41.8 Å². The van der Waals surface area contributed by atoms with Crippen LogP contribution >= 0.6 is 11.6 Å². The van der Waals surface area contributed by atoms with Gasteiger partial charge in [0.1, 0.15) is 17.7 Å². The van der Waals surface area contributed by atoms with Gasteiger partial charge in [0.15, 0.2) is 0 Å². The summed E-state index contributed by atoms with van der Waals surface area (Å²) >= 11 is 6.20. The van der Waals surface area contributed by atoms with Crippen LogP contribution < -0.4 is 21.1 Å². The zero-order valence-corrected chi connectivity index (χ0v) is 16.2. The average molecular weight is 430 g/mol. The number of nitrogens with zero attached hydrogens (tertiary/aromatic N) is 2. The number of hydrogen-bond donors (Lipinski definition) is 3. The highest BCUT2D eigenvalue weighted by molar-refractivity contribution is 6.33. The fourth-order valence-corrected chi connectivity index (χ4v) is 3.52. The first-order chi connectivity index (χ1) is 13.7. The largest absolute Gasteiger partial charge is 0.408 e. The second-order valence-corrected chi connectivity index (χ2v) is 7.03. The van der Waals surface area contributed by atoms with E-state index in [9.17, 15) is 22.8 Å². The van der Waals surface area contributed by atoms with Gasteiger partial charge >= 0.3 is 12.2 Å². The molecular formula is C18H19ClF3N5O2. The van der Waals surface area contributed by atoms with Gasteiger partial charge in [0, 0.05) is 31.4 Å². The monoisotopic (exact) mass is 429 g/mol. The van der Waals surface area contributed by atoms with E-state index in [4.69, 9.17) is 11.6 Å². The molecule has 156 valence electrons. The molecule has 0 radical (unpaired) electrons. The van der Waals surface area contributed by atoms with Crippen LogP contribution in [0.4, 0.5) is 29.6 Å². The summed E-state index contributed by atoms with van der Waals surface area (Å²) in [6.45, 7) is 0.178. The predicted octanol–water partition coefficient (Wildman–Crippen LogP) is 3.76. The zero-order valence-electron chi connectivity index (χ0n) is 15.4. The van der Waals surface area contributed by atoms with Crippen LogP contribution in [0.25, 0.3) is 11.1 Å². The van der Waals surface area contributed by atoms with Gasteiger partial charge in [0.05, 0.1) is 5.02 Å². The molecule has 3 N–H and O–H groups in total. The number of pyridine rings is 2. The summed E-state index contributed by atoms with van der Waals surface area (Å²) in [4.78, 5) is 31.3. The van der Waals surface area contributed by atoms with Gasteiger partial charge in [-0.3, -0.25) is 10.1 Å². The van der Waals surface area contributed by atoms with Gasteiger partial charge < -0.3 is 15.2 Å². The second kappa shape index (κ2) is 8.32. The van der Waals surface area contributed by atoms with Gasteiger partial charge in [-0.25, -0.2) is 9.78 Å². The Morgan fingerprint density at radius 1 is 1.31 bits per heavy atom. The Labute approximate surface area is 169 Å². The van der Waals surface area contributed by atoms with E-state index < -0.39 is 23.8 Å². The molecular weight excluding hydrogens is 411 g/mol. The number of carbonyl (C=O) groups is 1. The number of anilines is 2. The van der Waals surface area contributed by atoms with Crippen LogP contribution in [-0.2, 0) is 0 Å². The molecule has 2 aromatic rings. The SMILES string of the molecule is CNC(=O)Nc1cc(-c2cc(N3CCCC[C@@H]3C(F)(F)F)[nH]c(=O)c2)c(Cl)cn1. The van der Waals surface area contributed by atoms with Crippen molar-refractivity contribution in [3.05, 3.63) is 39.8 Å². The van der Waals surface area contributed by atoms with Crippen LogP contribution in [0.3, 0.4) is 0 Å². The van der Waals surface area contributed by atoms with Crippen molar-refractivity contribution < 1.29 is 18.0 Å². The normalized spacial score (nSPS) is 17.1. The maximum absolute atomic E-state index is 13.5. The number of aromatic amines is 1. The minimum atomic E-state index is -4.41. The van der Waals surface area contributed by atoms with E-state index in [0.717, 1.165) is 0 Å². The number of halogens is 4. The van der Waals surface area contributed by atoms with Crippen LogP contribution in [0, 0.1) is 0 Å². The molecule has 1 aliphatic heterocycles. The van der Waals surface area contributed by atoms with Gasteiger partial charge in [0.2, 0.25) is 5.56 Å². The number of nitrogens with one attached hydrogen (secondary N) is 3. The van der Waals surface area contributed by atoms with Crippen LogP contribution in [0.15, 0.2) is 29.2 Å². The summed E-state index contributed by atoms with van der Waals surface area (Å²) in [6, 6.07) is 1.98. The number of rotatable bonds is 3. The van der Waals surface area contributed by atoms with Crippen LogP contribution in [0.5, 0.6) is 0 Å². The summed E-state index contributed by atoms with van der Waals surface area (Å²) in [7, 11) is 1.44. The molecule has 2 amide bonds. The molecule has 2 aromatic heterocycles. The molecule has 0 aromatic carbocycles. The van der Waals surface area contributed by atoms with Crippen molar-refractivity contribution in [1.82, 2.24) is 15.3 Å². The Morgan fingerprint density at radius 2 is 2.07 bits per heavy atom. The van der Waals surface area contributed by atoms with Crippen molar-refractivity contribution in [3.63, 3.8) is 0 Å². The average Bonchev–Trinajstić information content (AvgIpc) is 2.68. The first-order valence-corrected chi connectivity index (χ1v) is 9.29. The van der Waals surface area contributed by atoms with Crippen molar-refractivity contribution in [1.29, 1.82) is 0 Å². The van der Waals surface area contributed by atoms with Crippen molar-refractivity contribution in [2.75, 3.05) is 23.8 Å². The van der Waals surface area contributed by atoms with E-state index in [-0.39, 0.29) is 29.6 Å². The Bertz CT molecular complexity index is 963. The number of urea groups is 1. The van der Waals surface area contributed by atoms with Gasteiger partial charge in [-0.2, -0.15) is 13.2 Å². The minimum Gasteiger partial charge on any atom is -0.346 e. The second-order valence-electron chi connectivity index (χ2n) is 6.62. The van der Waals surface area contributed by atoms with E-state index in [1.54, 1.807) is 0 Å². The molecule has 1 aliphatic rings. The van der Waals surface area contributed by atoms with E-state index in [2.05, 4.69) is 20.6 Å². The highest BCUT2D eigenvalue weighted by Gasteiger charge is 2.45. The first-order valence-electron chi connectivity index (χ1n) is 8.91. The molecule has 3 rings (SSSR count). The predicted molar refractivity (Wildman–Crippen MR) is 104 cm³/mol. The van der Waals surface area contributed by atoms with Crippen molar-refractivity contribution >= 4 is 29.3 Å². The summed E-state index contributed by atoms with van der Waals surface area (Å²) in [6.07, 6.45) is -2.09. The molecule has 1 atom stereocenters. The highest BCUT2D eigenvalue weighted by atomic mass is 35.5. The third-order valence-electron chi connectivity index (χ3n) is 4.66. The van der Waals surface area contributed by atoms with Gasteiger partial charge in [-0.15, -0.1) is 0 Å². The number of aromatic nitrogens is 2. The summed E-state index contributed by atoms with van der Waals surface area (Å²) in [5.74, 6) is 0.250. The summed E-state index contributed by atoms with van der Waals surface area (Å²) in [5, 5.41) is 5.05. The van der Waals surface area contributed by atoms with Crippen LogP contribution in [0.1, 0.15) is 19.3 Å². The molecule has 0 spiro atoms. The third-order valence-corrected chi connectivity index (χ3v) is 4.96. The smallest absolute Gasteiger partial charge is 0.346 e. The quantitative estimate of drug-likeness (QED) is 0.693. The van der Waals surface area contributed by atoms with E-state index >= 15 is 0 Å². The van der Waals surface area contributed by atoms with Gasteiger partial charge in [-0.1, -0.05) is 11.6 Å². The zero-order chi connectivity index (χ0) is 21.2. The lowest BCUT2D eigenvalue weighted by molar-refractivity contribution is -0.152. The van der Waals surface area contributed by atoms with E-state index in [1.807, 2.05) is 0 Å². The topological polar surface area (TPSA) is 90.1 Å². The van der Waals surface area contributed by atoms with Crippen molar-refractivity contribution in [2.24, 2.45) is 0 Å². The molecule has 7 nitrogen and oxygen atoms in total. The Balaban J connectivity index is 2.02. The molecule has 1 saturated heterocycles. The Kier molecular flexibility index (Phi) is 6.02. The summed E-state index contributed by atoms with van der Waals surface area (Å²) in [5.41, 5.74) is 0.126. The van der Waals surface area contributed by atoms with Crippen LogP contribution in [0.2, 0.25) is 5.02 Å². The number of H-pyrrole nitrogens is 1. The lowest BCUT2D eigenvalue weighted by Gasteiger charge is -2.38. The number of amides is 2. The number of piperidine rings is 1. The minimum absolute atomic E-state index is 0.0357. The molecule has 0 saturated carbocycles. The first kappa shape index (κ1) is 21.0. The van der Waals surface area contributed by atoms with Gasteiger partial charge in [-0.05, 0) is 37.0 Å². The summed E-state index contributed by atoms with van der Waals surface area (Å²) < 4.78 is 40.4. The lowest BCUT2D eigenvalue weighted by atomic mass is 10.0. The van der Waals surface area contributed by atoms with E-state index in [0.29, 0.717) is 24.0 Å². The molecule has 3 heterocycles. The number of hydrogen-bond acceptors (Lipinski definition) is 4. The third kappa shape index (κ3) is 4.81. The molecule has 29 heavy (non-hydrogen) atoms. The fraction of sp³-hybridized carbons (Fsp3) is 0.389. The maximum atomic E-state index is 13.5. The number of alkyl halides is 3. The number of carbonyl (C=O) groups excluding carboxylic acids is 1. The molecule has 0 aliphatic carbocycles. The lowest BCUT2D eigenvalue weighted by Crippen LogP contribution is -2.49. The van der Waals surface area contributed by atoms with Crippen molar-refractivity contribution in [2.45, 2.75) is 31.5 Å². The fourth-order valence-electron chi connectivity index (χ4n) is 3.31. The van der Waals surface area contributed by atoms with E-state index in [1.165, 1.54) is 36.3 Å². The Hall–Kier alpha value is -2.75. The maximum Gasteiger partial charge on any atom is 0.408 e. The Morgan fingerprint density at radius 3 is 2.76 bits per heavy atom. The molecule has 11 heteroatoms. The molecule has 0 bridgehead atoms. The highest BCUT2D eigenvalue weighted by Crippen LogP contribution is 2.36. The van der Waals surface area contributed by atoms with Gasteiger partial charge in [0.25, 0.3) is 0 Å². The molecule has 0 unspecified atom stereocenters. The standard InChI is InChI=1S/C18H19ClF3N5O2/c1-23-17(29)25-14-8-11(12(19)9-24-14)10-6-15(26-16(28)7-10)27-5-3-2-4-13(27)18(20,21)22/h6-9,13H,2-5H2,1H3,(H,26,28)(H2,23,24,25,29)/t13-/m1/s1.